The van der Waals surface area contributed by atoms with E-state index < -0.39 is 0 Å². The van der Waals surface area contributed by atoms with Crippen molar-refractivity contribution < 1.29 is 14.6 Å². The van der Waals surface area contributed by atoms with Gasteiger partial charge in [0.1, 0.15) is 0 Å². The highest BCUT2D eigenvalue weighted by Crippen LogP contribution is 2.33. The number of hydrogen-bond acceptors (Lipinski definition) is 5. The summed E-state index contributed by atoms with van der Waals surface area (Å²) in [6, 6.07) is 3.70. The molecule has 0 saturated heterocycles. The van der Waals surface area contributed by atoms with E-state index in [9.17, 15) is 0 Å². The molecule has 3 N–H and O–H groups in total. The first kappa shape index (κ1) is 18.0. The number of methoxy groups -OCH3 is 1. The van der Waals surface area contributed by atoms with Crippen LogP contribution in [0.2, 0.25) is 5.02 Å². The van der Waals surface area contributed by atoms with E-state index in [1.165, 1.54) is 0 Å². The molecule has 5 nitrogen and oxygen atoms in total. The lowest BCUT2D eigenvalue weighted by Gasteiger charge is -2.13. The summed E-state index contributed by atoms with van der Waals surface area (Å²) >= 11 is 6.26. The maximum Gasteiger partial charge on any atom is 0.162 e. The molecule has 0 unspecified atom stereocenters. The van der Waals surface area contributed by atoms with Crippen molar-refractivity contribution in [1.29, 1.82) is 0 Å². The molecule has 21 heavy (non-hydrogen) atoms. The maximum atomic E-state index is 8.64. The van der Waals surface area contributed by atoms with Gasteiger partial charge in [0.25, 0.3) is 0 Å². The quantitative estimate of drug-likeness (QED) is 0.544. The number of halogens is 1. The Morgan fingerprint density at radius 3 is 2.57 bits per heavy atom. The molecule has 0 amide bonds. The van der Waals surface area contributed by atoms with Crippen molar-refractivity contribution in [3.63, 3.8) is 0 Å². The van der Waals surface area contributed by atoms with Crippen molar-refractivity contribution in [3.05, 3.63) is 22.7 Å². The lowest BCUT2D eigenvalue weighted by atomic mass is 10.2. The molecule has 0 aliphatic carbocycles. The Bertz CT molecular complexity index is 416. The highest BCUT2D eigenvalue weighted by Gasteiger charge is 2.10. The van der Waals surface area contributed by atoms with Crippen molar-refractivity contribution >= 4 is 11.6 Å². The molecule has 0 radical (unpaired) electrons. The highest BCUT2D eigenvalue weighted by molar-refractivity contribution is 6.31. The van der Waals surface area contributed by atoms with Crippen LogP contribution in [0.3, 0.4) is 0 Å². The zero-order valence-electron chi connectivity index (χ0n) is 12.7. The Kier molecular flexibility index (Phi) is 9.17. The maximum absolute atomic E-state index is 8.64. The Morgan fingerprint density at radius 1 is 1.14 bits per heavy atom. The van der Waals surface area contributed by atoms with Crippen molar-refractivity contribution in [2.24, 2.45) is 0 Å². The Balaban J connectivity index is 2.44. The van der Waals surface area contributed by atoms with Gasteiger partial charge in [0.2, 0.25) is 0 Å². The zero-order valence-corrected chi connectivity index (χ0v) is 13.5. The van der Waals surface area contributed by atoms with Gasteiger partial charge in [-0.2, -0.15) is 0 Å². The second-order valence-electron chi connectivity index (χ2n) is 4.53. The molecule has 0 saturated carbocycles. The molecule has 0 bridgehead atoms. The fraction of sp³-hybridized carbons (Fsp3) is 0.600. The Morgan fingerprint density at radius 2 is 1.90 bits per heavy atom. The summed E-state index contributed by atoms with van der Waals surface area (Å²) in [5.41, 5.74) is 0.986. The van der Waals surface area contributed by atoms with Crippen LogP contribution in [0.1, 0.15) is 18.9 Å². The van der Waals surface area contributed by atoms with Gasteiger partial charge >= 0.3 is 0 Å². The molecule has 0 atom stereocenters. The molecule has 120 valence electrons. The third kappa shape index (κ3) is 6.52. The molecule has 1 aromatic carbocycles. The van der Waals surface area contributed by atoms with E-state index >= 15 is 0 Å². The summed E-state index contributed by atoms with van der Waals surface area (Å²) in [5, 5.41) is 15.8. The molecule has 0 fully saturated rings. The summed E-state index contributed by atoms with van der Waals surface area (Å²) in [7, 11) is 1.62. The Hall–Kier alpha value is -1.01. The SMILES string of the molecule is CCOc1cc(Cl)c(CNCCCNCCO)cc1OC. The minimum absolute atomic E-state index is 0.176. The first-order valence-corrected chi connectivity index (χ1v) is 7.62. The standard InChI is InChI=1S/C15H25ClN2O3/c1-3-21-15-10-13(16)12(9-14(15)20-2)11-18-6-4-5-17-7-8-19/h9-10,17-19H,3-8,11H2,1-2H3. The number of hydrogen-bond donors (Lipinski definition) is 3. The van der Waals surface area contributed by atoms with Gasteiger partial charge in [-0.25, -0.2) is 0 Å². The molecular weight excluding hydrogens is 292 g/mol. The number of aliphatic hydroxyl groups is 1. The molecular formula is C15H25ClN2O3. The average Bonchev–Trinajstić information content (AvgIpc) is 2.48. The fourth-order valence-electron chi connectivity index (χ4n) is 1.91. The summed E-state index contributed by atoms with van der Waals surface area (Å²) < 4.78 is 10.8. The van der Waals surface area contributed by atoms with Crippen molar-refractivity contribution in [2.75, 3.05) is 40.0 Å². The van der Waals surface area contributed by atoms with Crippen molar-refractivity contribution in [3.8, 4) is 11.5 Å². The lowest BCUT2D eigenvalue weighted by Crippen LogP contribution is -2.24. The predicted molar refractivity (Wildman–Crippen MR) is 85.5 cm³/mol. The van der Waals surface area contributed by atoms with E-state index in [1.54, 1.807) is 13.2 Å². The lowest BCUT2D eigenvalue weighted by molar-refractivity contribution is 0.292. The number of aliphatic hydroxyl groups excluding tert-OH is 1. The van der Waals surface area contributed by atoms with Gasteiger partial charge in [-0.15, -0.1) is 0 Å². The molecule has 6 heteroatoms. The monoisotopic (exact) mass is 316 g/mol. The van der Waals surface area contributed by atoms with Crippen LogP contribution in [0.4, 0.5) is 0 Å². The fourth-order valence-corrected chi connectivity index (χ4v) is 2.13. The molecule has 0 spiro atoms. The second-order valence-corrected chi connectivity index (χ2v) is 4.94. The van der Waals surface area contributed by atoms with Crippen molar-refractivity contribution in [1.82, 2.24) is 10.6 Å². The first-order valence-electron chi connectivity index (χ1n) is 7.24. The van der Waals surface area contributed by atoms with Crippen LogP contribution >= 0.6 is 11.6 Å². The van der Waals surface area contributed by atoms with E-state index in [0.717, 1.165) is 25.1 Å². The van der Waals surface area contributed by atoms with Gasteiger partial charge in [0, 0.05) is 24.2 Å². The van der Waals surface area contributed by atoms with Crippen LogP contribution < -0.4 is 20.1 Å². The third-order valence-corrected chi connectivity index (χ3v) is 3.30. The molecule has 1 rings (SSSR count). The van der Waals surface area contributed by atoms with E-state index in [1.807, 2.05) is 13.0 Å². The second kappa shape index (κ2) is 10.7. The zero-order chi connectivity index (χ0) is 15.5. The summed E-state index contributed by atoms with van der Waals surface area (Å²) in [6.07, 6.45) is 0.992. The molecule has 0 heterocycles. The first-order chi connectivity index (χ1) is 10.2. The van der Waals surface area contributed by atoms with Gasteiger partial charge in [0.05, 0.1) is 20.3 Å². The third-order valence-electron chi connectivity index (χ3n) is 2.94. The van der Waals surface area contributed by atoms with Crippen LogP contribution in [-0.2, 0) is 6.54 Å². The van der Waals surface area contributed by atoms with Gasteiger partial charge in [0.15, 0.2) is 11.5 Å². The largest absolute Gasteiger partial charge is 0.493 e. The smallest absolute Gasteiger partial charge is 0.162 e. The number of benzene rings is 1. The number of rotatable bonds is 11. The minimum atomic E-state index is 0.176. The van der Waals surface area contributed by atoms with E-state index in [2.05, 4.69) is 10.6 Å². The molecule has 0 aliphatic heterocycles. The van der Waals surface area contributed by atoms with Crippen LogP contribution in [0.5, 0.6) is 11.5 Å². The van der Waals surface area contributed by atoms with Crippen LogP contribution in [0.15, 0.2) is 12.1 Å². The number of ether oxygens (including phenoxy) is 2. The molecule has 1 aromatic rings. The predicted octanol–water partition coefficient (Wildman–Crippen LogP) is 1.81. The van der Waals surface area contributed by atoms with Gasteiger partial charge < -0.3 is 25.2 Å². The van der Waals surface area contributed by atoms with E-state index in [4.69, 9.17) is 26.2 Å². The van der Waals surface area contributed by atoms with Gasteiger partial charge in [-0.05, 0) is 38.1 Å². The van der Waals surface area contributed by atoms with E-state index in [0.29, 0.717) is 36.2 Å². The average molecular weight is 317 g/mol. The summed E-state index contributed by atoms with van der Waals surface area (Å²) in [6.45, 7) is 5.76. The minimum Gasteiger partial charge on any atom is -0.493 e. The van der Waals surface area contributed by atoms with E-state index in [-0.39, 0.29) is 6.61 Å². The molecule has 0 aliphatic rings. The van der Waals surface area contributed by atoms with Crippen LogP contribution in [0, 0.1) is 0 Å². The van der Waals surface area contributed by atoms with Crippen molar-refractivity contribution in [2.45, 2.75) is 19.9 Å². The Labute approximate surface area is 131 Å². The van der Waals surface area contributed by atoms with Gasteiger partial charge in [-0.1, -0.05) is 11.6 Å². The summed E-state index contributed by atoms with van der Waals surface area (Å²) in [4.78, 5) is 0. The van der Waals surface area contributed by atoms with Crippen LogP contribution in [-0.4, -0.2) is 45.1 Å². The highest BCUT2D eigenvalue weighted by atomic mass is 35.5. The number of nitrogens with one attached hydrogen (secondary N) is 2. The normalized spacial score (nSPS) is 10.7. The topological polar surface area (TPSA) is 62.8 Å². The van der Waals surface area contributed by atoms with Crippen LogP contribution in [0.25, 0.3) is 0 Å². The molecule has 0 aromatic heterocycles. The van der Waals surface area contributed by atoms with Gasteiger partial charge in [-0.3, -0.25) is 0 Å². The summed E-state index contributed by atoms with van der Waals surface area (Å²) in [5.74, 6) is 1.37.